The lowest BCUT2D eigenvalue weighted by molar-refractivity contribution is -0.137. The summed E-state index contributed by atoms with van der Waals surface area (Å²) in [6.45, 7) is 5.49. The Morgan fingerprint density at radius 2 is 1.85 bits per heavy atom. The Balaban J connectivity index is 1.60. The van der Waals surface area contributed by atoms with Gasteiger partial charge in [0.25, 0.3) is 0 Å². The van der Waals surface area contributed by atoms with E-state index in [9.17, 15) is 9.59 Å². The van der Waals surface area contributed by atoms with E-state index in [4.69, 9.17) is 9.84 Å². The third-order valence-corrected chi connectivity index (χ3v) is 4.57. The summed E-state index contributed by atoms with van der Waals surface area (Å²) in [5, 5.41) is 11.4. The molecule has 1 amide bonds. The summed E-state index contributed by atoms with van der Waals surface area (Å²) in [5.41, 5.74) is 1.14. The molecule has 2 rings (SSSR count). The van der Waals surface area contributed by atoms with Crippen LogP contribution in [-0.4, -0.2) is 68.3 Å². The Morgan fingerprint density at radius 1 is 1.12 bits per heavy atom. The number of ether oxygens (including phenoxy) is 1. The Bertz CT molecular complexity index is 586. The van der Waals surface area contributed by atoms with Gasteiger partial charge in [0.1, 0.15) is 5.75 Å². The molecule has 0 atom stereocenters. The summed E-state index contributed by atoms with van der Waals surface area (Å²) in [5.74, 6) is -0.0103. The minimum Gasteiger partial charge on any atom is -0.495 e. The highest BCUT2D eigenvalue weighted by molar-refractivity contribution is 5.76. The number of nitrogens with one attached hydrogen (secondary N) is 1. The van der Waals surface area contributed by atoms with Crippen LogP contribution in [0, 0.1) is 0 Å². The summed E-state index contributed by atoms with van der Waals surface area (Å²) in [7, 11) is 1.70. The molecule has 1 heterocycles. The van der Waals surface area contributed by atoms with Gasteiger partial charge in [-0.2, -0.15) is 0 Å². The topological polar surface area (TPSA) is 82.1 Å². The molecule has 0 aliphatic carbocycles. The fraction of sp³-hybridized carbons (Fsp3) is 0.579. The van der Waals surface area contributed by atoms with E-state index in [1.54, 1.807) is 7.11 Å². The SMILES string of the molecule is COc1ccccc1N1CCN(CCCNC(=O)CCCC(=O)O)CC1. The van der Waals surface area contributed by atoms with Crippen molar-refractivity contribution in [3.63, 3.8) is 0 Å². The maximum Gasteiger partial charge on any atom is 0.303 e. The number of hydrogen-bond donors (Lipinski definition) is 2. The van der Waals surface area contributed by atoms with E-state index in [-0.39, 0.29) is 18.7 Å². The highest BCUT2D eigenvalue weighted by Gasteiger charge is 2.19. The van der Waals surface area contributed by atoms with Gasteiger partial charge in [-0.25, -0.2) is 0 Å². The summed E-state index contributed by atoms with van der Waals surface area (Å²) in [6, 6.07) is 8.09. The van der Waals surface area contributed by atoms with Crippen molar-refractivity contribution in [1.82, 2.24) is 10.2 Å². The molecule has 0 radical (unpaired) electrons. The second-order valence-corrected chi connectivity index (χ2v) is 6.45. The molecule has 1 aromatic carbocycles. The first-order chi connectivity index (χ1) is 12.6. The minimum absolute atomic E-state index is 0.0455. The van der Waals surface area contributed by atoms with Gasteiger partial charge in [0.05, 0.1) is 12.8 Å². The molecule has 1 fully saturated rings. The molecule has 144 valence electrons. The zero-order chi connectivity index (χ0) is 18.8. The number of carbonyl (C=O) groups excluding carboxylic acids is 1. The van der Waals surface area contributed by atoms with E-state index < -0.39 is 5.97 Å². The maximum absolute atomic E-state index is 11.6. The Morgan fingerprint density at radius 3 is 2.54 bits per heavy atom. The summed E-state index contributed by atoms with van der Waals surface area (Å²) in [6.07, 6.45) is 1.62. The van der Waals surface area contributed by atoms with Gasteiger partial charge < -0.3 is 20.1 Å². The molecule has 0 unspecified atom stereocenters. The van der Waals surface area contributed by atoms with Gasteiger partial charge in [-0.3, -0.25) is 14.5 Å². The molecule has 7 nitrogen and oxygen atoms in total. The van der Waals surface area contributed by atoms with Crippen LogP contribution in [0.15, 0.2) is 24.3 Å². The molecule has 26 heavy (non-hydrogen) atoms. The molecule has 1 aliphatic heterocycles. The van der Waals surface area contributed by atoms with Crippen molar-refractivity contribution in [3.8, 4) is 5.75 Å². The Kier molecular flexibility index (Phi) is 8.21. The largest absolute Gasteiger partial charge is 0.495 e. The van der Waals surface area contributed by atoms with Crippen LogP contribution < -0.4 is 15.0 Å². The highest BCUT2D eigenvalue weighted by atomic mass is 16.5. The van der Waals surface area contributed by atoms with Crippen molar-refractivity contribution in [2.45, 2.75) is 25.7 Å². The quantitative estimate of drug-likeness (QED) is 0.614. The molecule has 1 saturated heterocycles. The molecule has 0 saturated carbocycles. The fourth-order valence-corrected chi connectivity index (χ4v) is 3.12. The number of carboxylic acid groups (broad SMARTS) is 1. The van der Waals surface area contributed by atoms with Crippen molar-refractivity contribution in [1.29, 1.82) is 0 Å². The van der Waals surface area contributed by atoms with Crippen LogP contribution in [0.4, 0.5) is 5.69 Å². The zero-order valence-electron chi connectivity index (χ0n) is 15.4. The van der Waals surface area contributed by atoms with E-state index >= 15 is 0 Å². The van der Waals surface area contributed by atoms with Crippen molar-refractivity contribution in [2.75, 3.05) is 51.3 Å². The van der Waals surface area contributed by atoms with Gasteiger partial charge in [0.2, 0.25) is 5.91 Å². The molecular weight excluding hydrogens is 334 g/mol. The van der Waals surface area contributed by atoms with Gasteiger partial charge in [0, 0.05) is 45.6 Å². The Hall–Kier alpha value is -2.28. The number of para-hydroxylation sites is 2. The highest BCUT2D eigenvalue weighted by Crippen LogP contribution is 2.28. The Labute approximate surface area is 154 Å². The van der Waals surface area contributed by atoms with Gasteiger partial charge in [-0.05, 0) is 31.5 Å². The van der Waals surface area contributed by atoms with Crippen LogP contribution in [0.1, 0.15) is 25.7 Å². The zero-order valence-corrected chi connectivity index (χ0v) is 15.4. The van der Waals surface area contributed by atoms with Crippen LogP contribution in [0.25, 0.3) is 0 Å². The average Bonchev–Trinajstić information content (AvgIpc) is 2.65. The molecule has 1 aromatic rings. The number of carbonyl (C=O) groups is 2. The summed E-state index contributed by atoms with van der Waals surface area (Å²) < 4.78 is 5.44. The smallest absolute Gasteiger partial charge is 0.303 e. The maximum atomic E-state index is 11.6. The predicted molar refractivity (Wildman–Crippen MR) is 101 cm³/mol. The molecule has 0 spiro atoms. The van der Waals surface area contributed by atoms with Gasteiger partial charge >= 0.3 is 5.97 Å². The first-order valence-electron chi connectivity index (χ1n) is 9.19. The number of piperazine rings is 1. The minimum atomic E-state index is -0.856. The first-order valence-corrected chi connectivity index (χ1v) is 9.19. The lowest BCUT2D eigenvalue weighted by atomic mass is 10.2. The number of aliphatic carboxylic acids is 1. The number of carboxylic acids is 1. The molecule has 2 N–H and O–H groups in total. The van der Waals surface area contributed by atoms with Crippen LogP contribution in [-0.2, 0) is 9.59 Å². The molecular formula is C19H29N3O4. The lowest BCUT2D eigenvalue weighted by Gasteiger charge is -2.36. The van der Waals surface area contributed by atoms with E-state index in [1.807, 2.05) is 18.2 Å². The first kappa shape index (κ1) is 20.0. The van der Waals surface area contributed by atoms with E-state index in [2.05, 4.69) is 21.2 Å². The van der Waals surface area contributed by atoms with Gasteiger partial charge in [-0.1, -0.05) is 12.1 Å². The van der Waals surface area contributed by atoms with Gasteiger partial charge in [0.15, 0.2) is 0 Å². The third-order valence-electron chi connectivity index (χ3n) is 4.57. The number of amides is 1. The lowest BCUT2D eigenvalue weighted by Crippen LogP contribution is -2.47. The van der Waals surface area contributed by atoms with Crippen LogP contribution in [0.5, 0.6) is 5.75 Å². The van der Waals surface area contributed by atoms with Crippen LogP contribution in [0.3, 0.4) is 0 Å². The monoisotopic (exact) mass is 363 g/mol. The predicted octanol–water partition coefficient (Wildman–Crippen LogP) is 1.58. The number of methoxy groups -OCH3 is 1. The standard InChI is InChI=1S/C19H29N3O4/c1-26-17-7-3-2-6-16(17)22-14-12-21(13-15-22)11-5-10-20-18(23)8-4-9-19(24)25/h2-3,6-7H,4-5,8-15H2,1H3,(H,20,23)(H,24,25). The number of hydrogen-bond acceptors (Lipinski definition) is 5. The van der Waals surface area contributed by atoms with Crippen LogP contribution >= 0.6 is 0 Å². The second kappa shape index (κ2) is 10.7. The summed E-state index contributed by atoms with van der Waals surface area (Å²) >= 11 is 0. The van der Waals surface area contributed by atoms with Crippen molar-refractivity contribution >= 4 is 17.6 Å². The molecule has 0 aromatic heterocycles. The third kappa shape index (κ3) is 6.55. The molecule has 1 aliphatic rings. The summed E-state index contributed by atoms with van der Waals surface area (Å²) in [4.78, 5) is 26.8. The number of rotatable bonds is 10. The normalized spacial score (nSPS) is 14.9. The van der Waals surface area contributed by atoms with Crippen molar-refractivity contribution in [2.24, 2.45) is 0 Å². The molecule has 0 bridgehead atoms. The van der Waals surface area contributed by atoms with Crippen molar-refractivity contribution in [3.05, 3.63) is 24.3 Å². The second-order valence-electron chi connectivity index (χ2n) is 6.45. The number of anilines is 1. The van der Waals surface area contributed by atoms with Crippen LogP contribution in [0.2, 0.25) is 0 Å². The number of benzene rings is 1. The average molecular weight is 363 g/mol. The number of nitrogens with zero attached hydrogens (tertiary/aromatic N) is 2. The van der Waals surface area contributed by atoms with E-state index in [1.165, 1.54) is 0 Å². The van der Waals surface area contributed by atoms with Crippen molar-refractivity contribution < 1.29 is 19.4 Å². The fourth-order valence-electron chi connectivity index (χ4n) is 3.12. The van der Waals surface area contributed by atoms with E-state index in [0.29, 0.717) is 13.0 Å². The van der Waals surface area contributed by atoms with Gasteiger partial charge in [-0.15, -0.1) is 0 Å². The molecule has 7 heteroatoms. The van der Waals surface area contributed by atoms with E-state index in [0.717, 1.165) is 50.6 Å².